The zero-order valence-electron chi connectivity index (χ0n) is 14.5. The summed E-state index contributed by atoms with van der Waals surface area (Å²) in [4.78, 5) is 23.5. The van der Waals surface area contributed by atoms with Crippen molar-refractivity contribution in [1.29, 1.82) is 0 Å². The van der Waals surface area contributed by atoms with Crippen LogP contribution in [0, 0.1) is 0 Å². The van der Waals surface area contributed by atoms with E-state index in [0.29, 0.717) is 24.4 Å². The van der Waals surface area contributed by atoms with E-state index in [2.05, 4.69) is 16.0 Å². The molecule has 2 amide bonds. The lowest BCUT2D eigenvalue weighted by molar-refractivity contribution is -0.116. The molecule has 132 valence electrons. The van der Waals surface area contributed by atoms with Crippen LogP contribution in [0.2, 0.25) is 0 Å². The van der Waals surface area contributed by atoms with Crippen LogP contribution in [0.15, 0.2) is 48.5 Å². The molecule has 0 aromatic heterocycles. The molecule has 0 atom stereocenters. The van der Waals surface area contributed by atoms with Crippen LogP contribution in [0.3, 0.4) is 0 Å². The van der Waals surface area contributed by atoms with Gasteiger partial charge in [0, 0.05) is 23.5 Å². The van der Waals surface area contributed by atoms with Crippen molar-refractivity contribution in [3.8, 4) is 5.75 Å². The van der Waals surface area contributed by atoms with Gasteiger partial charge in [-0.3, -0.25) is 9.59 Å². The fourth-order valence-electron chi connectivity index (χ4n) is 2.14. The Morgan fingerprint density at radius 2 is 1.56 bits per heavy atom. The summed E-state index contributed by atoms with van der Waals surface area (Å²) in [5, 5.41) is 8.63. The topological polar surface area (TPSA) is 79.5 Å². The summed E-state index contributed by atoms with van der Waals surface area (Å²) < 4.78 is 5.36. The number of nitrogens with one attached hydrogen (secondary N) is 3. The second-order valence-corrected chi connectivity index (χ2v) is 5.34. The average Bonchev–Trinajstić information content (AvgIpc) is 2.62. The van der Waals surface area contributed by atoms with Crippen LogP contribution in [0.5, 0.6) is 5.75 Å². The van der Waals surface area contributed by atoms with Gasteiger partial charge in [0.25, 0.3) is 0 Å². The minimum atomic E-state index is -0.160. The molecule has 0 aliphatic heterocycles. The van der Waals surface area contributed by atoms with Gasteiger partial charge in [0.2, 0.25) is 11.8 Å². The van der Waals surface area contributed by atoms with Gasteiger partial charge in [-0.1, -0.05) is 13.0 Å². The number of hydrogen-bond donors (Lipinski definition) is 3. The van der Waals surface area contributed by atoms with Crippen LogP contribution in [0.1, 0.15) is 20.3 Å². The van der Waals surface area contributed by atoms with Crippen LogP contribution in [-0.2, 0) is 9.59 Å². The van der Waals surface area contributed by atoms with Crippen molar-refractivity contribution in [1.82, 2.24) is 0 Å². The lowest BCUT2D eigenvalue weighted by Gasteiger charge is -2.10. The van der Waals surface area contributed by atoms with Gasteiger partial charge in [-0.05, 0) is 49.4 Å². The monoisotopic (exact) mass is 341 g/mol. The standard InChI is InChI=1S/C19H23N3O3/c1-3-18(23)22-16-7-5-6-15(12-16)20-13-19(24)21-14-8-10-17(11-9-14)25-4-2/h5-12,20H,3-4,13H2,1-2H3,(H,21,24)(H,22,23). The Kier molecular flexibility index (Phi) is 6.83. The van der Waals surface area contributed by atoms with Crippen LogP contribution >= 0.6 is 0 Å². The molecule has 2 aromatic rings. The van der Waals surface area contributed by atoms with E-state index in [1.165, 1.54) is 0 Å². The van der Waals surface area contributed by atoms with Crippen LogP contribution in [-0.4, -0.2) is 25.0 Å². The highest BCUT2D eigenvalue weighted by Crippen LogP contribution is 2.17. The number of anilines is 3. The minimum Gasteiger partial charge on any atom is -0.494 e. The van der Waals surface area contributed by atoms with Gasteiger partial charge < -0.3 is 20.7 Å². The van der Waals surface area contributed by atoms with Crippen molar-refractivity contribution in [3.63, 3.8) is 0 Å². The lowest BCUT2D eigenvalue weighted by Crippen LogP contribution is -2.21. The molecule has 0 fully saturated rings. The van der Waals surface area contributed by atoms with E-state index in [0.717, 1.165) is 11.4 Å². The third-order valence-corrected chi connectivity index (χ3v) is 3.37. The van der Waals surface area contributed by atoms with E-state index in [9.17, 15) is 9.59 Å². The van der Waals surface area contributed by atoms with Crippen LogP contribution in [0.25, 0.3) is 0 Å². The molecule has 6 nitrogen and oxygen atoms in total. The number of ether oxygens (including phenoxy) is 1. The summed E-state index contributed by atoms with van der Waals surface area (Å²) in [6, 6.07) is 14.5. The van der Waals surface area contributed by atoms with E-state index < -0.39 is 0 Å². The first kappa shape index (κ1) is 18.3. The van der Waals surface area contributed by atoms with Crippen molar-refractivity contribution in [2.75, 3.05) is 29.1 Å². The quantitative estimate of drug-likeness (QED) is 0.687. The van der Waals surface area contributed by atoms with Crippen molar-refractivity contribution in [2.45, 2.75) is 20.3 Å². The molecule has 6 heteroatoms. The molecule has 2 aromatic carbocycles. The molecule has 0 aliphatic carbocycles. The van der Waals surface area contributed by atoms with Gasteiger partial charge in [0.1, 0.15) is 5.75 Å². The van der Waals surface area contributed by atoms with Crippen molar-refractivity contribution < 1.29 is 14.3 Å². The summed E-state index contributed by atoms with van der Waals surface area (Å²) in [6.07, 6.45) is 0.419. The molecular weight excluding hydrogens is 318 g/mol. The number of carbonyl (C=O) groups excluding carboxylic acids is 2. The van der Waals surface area contributed by atoms with Gasteiger partial charge in [-0.2, -0.15) is 0 Å². The largest absolute Gasteiger partial charge is 0.494 e. The molecule has 3 N–H and O–H groups in total. The maximum absolute atomic E-state index is 12.0. The average molecular weight is 341 g/mol. The molecule has 0 unspecified atom stereocenters. The summed E-state index contributed by atoms with van der Waals surface area (Å²) in [7, 11) is 0. The van der Waals surface area contributed by atoms with E-state index in [4.69, 9.17) is 4.74 Å². The maximum Gasteiger partial charge on any atom is 0.243 e. The molecule has 0 heterocycles. The molecule has 2 rings (SSSR count). The SMILES string of the molecule is CCOc1ccc(NC(=O)CNc2cccc(NC(=O)CC)c2)cc1. The summed E-state index contributed by atoms with van der Waals surface area (Å²) >= 11 is 0. The molecule has 0 bridgehead atoms. The van der Waals surface area contributed by atoms with Gasteiger partial charge in [0.15, 0.2) is 0 Å². The predicted octanol–water partition coefficient (Wildman–Crippen LogP) is 3.48. The first-order valence-electron chi connectivity index (χ1n) is 8.27. The third-order valence-electron chi connectivity index (χ3n) is 3.37. The van der Waals surface area contributed by atoms with Crippen molar-refractivity contribution in [3.05, 3.63) is 48.5 Å². The zero-order chi connectivity index (χ0) is 18.1. The highest BCUT2D eigenvalue weighted by Gasteiger charge is 2.04. The molecule has 0 spiro atoms. The second-order valence-electron chi connectivity index (χ2n) is 5.34. The van der Waals surface area contributed by atoms with Crippen molar-refractivity contribution >= 4 is 28.9 Å². The normalized spacial score (nSPS) is 10.0. The highest BCUT2D eigenvalue weighted by molar-refractivity contribution is 5.94. The summed E-state index contributed by atoms with van der Waals surface area (Å²) in [5.41, 5.74) is 2.17. The van der Waals surface area contributed by atoms with E-state index >= 15 is 0 Å². The Labute approximate surface area is 147 Å². The number of rotatable bonds is 8. The molecule has 0 aliphatic rings. The Hall–Kier alpha value is -3.02. The Morgan fingerprint density at radius 1 is 0.880 bits per heavy atom. The summed E-state index contributed by atoms with van der Waals surface area (Å²) in [6.45, 7) is 4.44. The smallest absolute Gasteiger partial charge is 0.243 e. The minimum absolute atomic E-state index is 0.0506. The lowest BCUT2D eigenvalue weighted by atomic mass is 10.2. The number of benzene rings is 2. The first-order chi connectivity index (χ1) is 12.1. The fraction of sp³-hybridized carbons (Fsp3) is 0.263. The second kappa shape index (κ2) is 9.32. The van der Waals surface area contributed by atoms with Gasteiger partial charge in [-0.25, -0.2) is 0 Å². The predicted molar refractivity (Wildman–Crippen MR) is 100 cm³/mol. The molecular formula is C19H23N3O3. The Morgan fingerprint density at radius 3 is 2.24 bits per heavy atom. The maximum atomic E-state index is 12.0. The molecule has 0 saturated heterocycles. The number of hydrogen-bond acceptors (Lipinski definition) is 4. The van der Waals surface area contributed by atoms with E-state index in [1.807, 2.05) is 31.2 Å². The molecule has 0 saturated carbocycles. The molecule has 25 heavy (non-hydrogen) atoms. The zero-order valence-corrected chi connectivity index (χ0v) is 14.5. The van der Waals surface area contributed by atoms with Gasteiger partial charge in [-0.15, -0.1) is 0 Å². The summed E-state index contributed by atoms with van der Waals surface area (Å²) in [5.74, 6) is 0.558. The van der Waals surface area contributed by atoms with E-state index in [1.54, 1.807) is 31.2 Å². The fourth-order valence-corrected chi connectivity index (χ4v) is 2.14. The van der Waals surface area contributed by atoms with Gasteiger partial charge >= 0.3 is 0 Å². The van der Waals surface area contributed by atoms with Gasteiger partial charge in [0.05, 0.1) is 13.2 Å². The third kappa shape index (κ3) is 6.18. The highest BCUT2D eigenvalue weighted by atomic mass is 16.5. The molecule has 0 radical (unpaired) electrons. The van der Waals surface area contributed by atoms with E-state index in [-0.39, 0.29) is 18.4 Å². The Balaban J connectivity index is 1.85. The van der Waals surface area contributed by atoms with Crippen LogP contribution in [0.4, 0.5) is 17.1 Å². The van der Waals surface area contributed by atoms with Crippen molar-refractivity contribution in [2.24, 2.45) is 0 Å². The Bertz CT molecular complexity index is 714. The number of carbonyl (C=O) groups is 2. The number of amides is 2. The van der Waals surface area contributed by atoms with Crippen LogP contribution < -0.4 is 20.7 Å². The first-order valence-corrected chi connectivity index (χ1v) is 8.27.